The maximum absolute atomic E-state index is 12.7. The normalized spacial score (nSPS) is 18.9. The van der Waals surface area contributed by atoms with E-state index >= 15 is 0 Å². The third kappa shape index (κ3) is 4.05. The number of rotatable bonds is 3. The second-order valence-electron chi connectivity index (χ2n) is 6.11. The van der Waals surface area contributed by atoms with Gasteiger partial charge in [-0.25, -0.2) is 0 Å². The first-order valence-electron chi connectivity index (χ1n) is 8.11. The van der Waals surface area contributed by atoms with Gasteiger partial charge in [0.25, 0.3) is 0 Å². The number of likely N-dealkylation sites (N-methyl/N-ethyl adjacent to an activating group) is 1. The molecule has 3 rings (SSSR count). The average molecular weight is 341 g/mol. The summed E-state index contributed by atoms with van der Waals surface area (Å²) >= 11 is 5.89. The Balaban J connectivity index is 1.77. The number of nitrogens with zero attached hydrogens (tertiary/aromatic N) is 2. The second kappa shape index (κ2) is 7.65. The van der Waals surface area contributed by atoms with E-state index in [1.807, 2.05) is 53.4 Å². The molecule has 2 aromatic carbocycles. The van der Waals surface area contributed by atoms with Gasteiger partial charge in [0.15, 0.2) is 0 Å². The molecule has 124 valence electrons. The van der Waals surface area contributed by atoms with E-state index in [0.29, 0.717) is 5.02 Å². The molecular weight excluding hydrogens is 320 g/mol. The lowest BCUT2D eigenvalue weighted by Gasteiger charge is -2.39. The van der Waals surface area contributed by atoms with Crippen molar-refractivity contribution in [3.05, 3.63) is 76.8 Å². The van der Waals surface area contributed by atoms with Crippen LogP contribution in [0.25, 0.3) is 6.08 Å². The van der Waals surface area contributed by atoms with Crippen molar-refractivity contribution in [1.82, 2.24) is 9.80 Å². The molecule has 1 atom stereocenters. The maximum Gasteiger partial charge on any atom is 0.247 e. The van der Waals surface area contributed by atoms with Gasteiger partial charge in [0, 0.05) is 30.7 Å². The zero-order valence-electron chi connectivity index (χ0n) is 13.7. The molecule has 0 bridgehead atoms. The van der Waals surface area contributed by atoms with Gasteiger partial charge >= 0.3 is 0 Å². The molecule has 1 amide bonds. The number of hydrogen-bond acceptors (Lipinski definition) is 2. The van der Waals surface area contributed by atoms with Crippen LogP contribution in [-0.2, 0) is 4.79 Å². The Morgan fingerprint density at radius 3 is 2.50 bits per heavy atom. The van der Waals surface area contributed by atoms with E-state index in [-0.39, 0.29) is 11.9 Å². The summed E-state index contributed by atoms with van der Waals surface area (Å²) in [6.45, 7) is 2.48. The number of hydrogen-bond donors (Lipinski definition) is 0. The maximum atomic E-state index is 12.7. The fourth-order valence-electron chi connectivity index (χ4n) is 2.98. The third-order valence-electron chi connectivity index (χ3n) is 4.34. The van der Waals surface area contributed by atoms with Crippen LogP contribution in [0.1, 0.15) is 17.2 Å². The molecule has 1 fully saturated rings. The minimum Gasteiger partial charge on any atom is -0.330 e. The van der Waals surface area contributed by atoms with Crippen LogP contribution in [0, 0.1) is 0 Å². The number of benzene rings is 2. The lowest BCUT2D eigenvalue weighted by Crippen LogP contribution is -2.48. The molecule has 0 aliphatic carbocycles. The summed E-state index contributed by atoms with van der Waals surface area (Å²) in [5.74, 6) is 0.0481. The van der Waals surface area contributed by atoms with E-state index in [1.165, 1.54) is 5.56 Å². The molecule has 0 radical (unpaired) electrons. The molecule has 0 saturated carbocycles. The second-order valence-corrected chi connectivity index (χ2v) is 6.54. The molecule has 0 spiro atoms. The standard InChI is InChI=1S/C20H21ClN2O/c1-22-13-14-23(19(15-22)17-5-3-2-4-6-17)20(24)12-9-16-7-10-18(21)11-8-16/h2-12,19H,13-15H2,1H3/b12-9+. The Morgan fingerprint density at radius 2 is 1.79 bits per heavy atom. The van der Waals surface area contributed by atoms with Gasteiger partial charge < -0.3 is 9.80 Å². The van der Waals surface area contributed by atoms with Crippen LogP contribution < -0.4 is 0 Å². The number of carbonyl (C=O) groups is 1. The van der Waals surface area contributed by atoms with Gasteiger partial charge in [-0.3, -0.25) is 4.79 Å². The topological polar surface area (TPSA) is 23.6 Å². The van der Waals surface area contributed by atoms with Gasteiger partial charge in [-0.2, -0.15) is 0 Å². The molecule has 0 aromatic heterocycles. The summed E-state index contributed by atoms with van der Waals surface area (Å²) in [4.78, 5) is 17.0. The predicted molar refractivity (Wildman–Crippen MR) is 98.9 cm³/mol. The highest BCUT2D eigenvalue weighted by atomic mass is 35.5. The van der Waals surface area contributed by atoms with Crippen molar-refractivity contribution < 1.29 is 4.79 Å². The van der Waals surface area contributed by atoms with Crippen molar-refractivity contribution in [2.75, 3.05) is 26.7 Å². The highest BCUT2D eigenvalue weighted by molar-refractivity contribution is 6.30. The molecule has 1 aliphatic heterocycles. The van der Waals surface area contributed by atoms with Crippen molar-refractivity contribution >= 4 is 23.6 Å². The van der Waals surface area contributed by atoms with Gasteiger partial charge in [0.05, 0.1) is 6.04 Å². The lowest BCUT2D eigenvalue weighted by atomic mass is 10.0. The Morgan fingerprint density at radius 1 is 1.08 bits per heavy atom. The smallest absolute Gasteiger partial charge is 0.247 e. The number of piperazine rings is 1. The summed E-state index contributed by atoms with van der Waals surface area (Å²) in [5.41, 5.74) is 2.15. The summed E-state index contributed by atoms with van der Waals surface area (Å²) in [6, 6.07) is 17.8. The van der Waals surface area contributed by atoms with E-state index in [0.717, 1.165) is 25.2 Å². The SMILES string of the molecule is CN1CCN(C(=O)/C=C/c2ccc(Cl)cc2)C(c2ccccc2)C1. The van der Waals surface area contributed by atoms with Gasteiger partial charge in [0.1, 0.15) is 0 Å². The zero-order valence-corrected chi connectivity index (χ0v) is 14.5. The number of amides is 1. The van der Waals surface area contributed by atoms with E-state index in [2.05, 4.69) is 24.1 Å². The molecule has 24 heavy (non-hydrogen) atoms. The third-order valence-corrected chi connectivity index (χ3v) is 4.59. The lowest BCUT2D eigenvalue weighted by molar-refractivity contribution is -0.130. The van der Waals surface area contributed by atoms with Crippen LogP contribution in [0.3, 0.4) is 0 Å². The van der Waals surface area contributed by atoms with E-state index in [4.69, 9.17) is 11.6 Å². The zero-order chi connectivity index (χ0) is 16.9. The van der Waals surface area contributed by atoms with E-state index < -0.39 is 0 Å². The van der Waals surface area contributed by atoms with Gasteiger partial charge in [-0.15, -0.1) is 0 Å². The Hall–Kier alpha value is -2.10. The molecule has 0 N–H and O–H groups in total. The van der Waals surface area contributed by atoms with Gasteiger partial charge in [0.2, 0.25) is 5.91 Å². The van der Waals surface area contributed by atoms with Crippen LogP contribution in [0.4, 0.5) is 0 Å². The van der Waals surface area contributed by atoms with Gasteiger partial charge in [-0.1, -0.05) is 54.1 Å². The van der Waals surface area contributed by atoms with Crippen molar-refractivity contribution in [3.63, 3.8) is 0 Å². The number of halogens is 1. The fraction of sp³-hybridized carbons (Fsp3) is 0.250. The van der Waals surface area contributed by atoms with E-state index in [9.17, 15) is 4.79 Å². The minimum atomic E-state index is 0.0481. The first kappa shape index (κ1) is 16.7. The summed E-state index contributed by atoms with van der Waals surface area (Å²) < 4.78 is 0. The quantitative estimate of drug-likeness (QED) is 0.792. The molecular formula is C20H21ClN2O. The average Bonchev–Trinajstić information content (AvgIpc) is 2.61. The Labute approximate surface area is 148 Å². The molecule has 1 aliphatic rings. The van der Waals surface area contributed by atoms with Crippen LogP contribution in [0.2, 0.25) is 5.02 Å². The first-order chi connectivity index (χ1) is 11.6. The van der Waals surface area contributed by atoms with Crippen molar-refractivity contribution in [1.29, 1.82) is 0 Å². The molecule has 3 nitrogen and oxygen atoms in total. The Kier molecular flexibility index (Phi) is 5.34. The molecule has 2 aromatic rings. The number of carbonyl (C=O) groups excluding carboxylic acids is 1. The predicted octanol–water partition coefficient (Wildman–Crippen LogP) is 3.87. The summed E-state index contributed by atoms with van der Waals surface area (Å²) in [7, 11) is 2.10. The fourth-order valence-corrected chi connectivity index (χ4v) is 3.11. The van der Waals surface area contributed by atoms with Crippen LogP contribution >= 0.6 is 11.6 Å². The molecule has 1 heterocycles. The van der Waals surface area contributed by atoms with Crippen molar-refractivity contribution in [3.8, 4) is 0 Å². The largest absolute Gasteiger partial charge is 0.330 e. The van der Waals surface area contributed by atoms with Gasteiger partial charge in [-0.05, 0) is 36.4 Å². The molecule has 1 saturated heterocycles. The highest BCUT2D eigenvalue weighted by Gasteiger charge is 2.28. The molecule has 4 heteroatoms. The van der Waals surface area contributed by atoms with Crippen molar-refractivity contribution in [2.24, 2.45) is 0 Å². The highest BCUT2D eigenvalue weighted by Crippen LogP contribution is 2.25. The monoisotopic (exact) mass is 340 g/mol. The van der Waals surface area contributed by atoms with Crippen molar-refractivity contribution in [2.45, 2.75) is 6.04 Å². The summed E-state index contributed by atoms with van der Waals surface area (Å²) in [5, 5.41) is 0.696. The van der Waals surface area contributed by atoms with Crippen LogP contribution in [0.5, 0.6) is 0 Å². The van der Waals surface area contributed by atoms with E-state index in [1.54, 1.807) is 6.08 Å². The minimum absolute atomic E-state index is 0.0481. The molecule has 1 unspecified atom stereocenters. The summed E-state index contributed by atoms with van der Waals surface area (Å²) in [6.07, 6.45) is 3.50. The van der Waals surface area contributed by atoms with Crippen LogP contribution in [0.15, 0.2) is 60.7 Å². The first-order valence-corrected chi connectivity index (χ1v) is 8.49. The van der Waals surface area contributed by atoms with Crippen LogP contribution in [-0.4, -0.2) is 42.4 Å². The Bertz CT molecular complexity index is 712.